The highest BCUT2D eigenvalue weighted by Crippen LogP contribution is 2.39. The van der Waals surface area contributed by atoms with Crippen LogP contribution in [-0.2, 0) is 28.2 Å². The van der Waals surface area contributed by atoms with Gasteiger partial charge >= 0.3 is 0 Å². The van der Waals surface area contributed by atoms with E-state index >= 15 is 0 Å². The fourth-order valence-corrected chi connectivity index (χ4v) is 5.83. The topological polar surface area (TPSA) is 71.8 Å². The summed E-state index contributed by atoms with van der Waals surface area (Å²) in [6.07, 6.45) is 7.20. The highest BCUT2D eigenvalue weighted by Gasteiger charge is 2.20. The zero-order chi connectivity index (χ0) is 24.3. The molecule has 0 spiro atoms. The summed E-state index contributed by atoms with van der Waals surface area (Å²) in [5, 5.41) is 2.32. The van der Waals surface area contributed by atoms with Crippen LogP contribution >= 0.6 is 0 Å². The predicted octanol–water partition coefficient (Wildman–Crippen LogP) is 6.21. The monoisotopic (exact) mass is 474 g/mol. The Balaban J connectivity index is 1.55. The van der Waals surface area contributed by atoms with Gasteiger partial charge < -0.3 is 27.1 Å². The first-order valence-electron chi connectivity index (χ1n) is 11.8. The molecule has 0 unspecified atom stereocenters. The maximum atomic E-state index is 6.33. The molecule has 0 atom stereocenters. The van der Waals surface area contributed by atoms with Gasteiger partial charge in [0.2, 0.25) is 0 Å². The minimum atomic E-state index is 0.811. The summed E-state index contributed by atoms with van der Waals surface area (Å²) in [4.78, 5) is 8.57. The van der Waals surface area contributed by atoms with Crippen LogP contribution in [0.1, 0.15) is 0 Å². The number of nitrogens with zero attached hydrogens (tertiary/aromatic N) is 6. The van der Waals surface area contributed by atoms with Gasteiger partial charge in [0, 0.05) is 69.6 Å². The molecule has 0 aliphatic heterocycles. The molecule has 6 aromatic heterocycles. The Kier molecular flexibility index (Phi) is 3.52. The molecule has 0 amide bonds. The Bertz CT molecular complexity index is 2260. The van der Waals surface area contributed by atoms with Crippen molar-refractivity contribution in [2.45, 2.75) is 0 Å². The lowest BCUT2D eigenvalue weighted by Gasteiger charge is -2.11. The summed E-state index contributed by atoms with van der Waals surface area (Å²) in [5.41, 5.74) is 11.9. The van der Waals surface area contributed by atoms with Crippen LogP contribution in [0.5, 0.6) is 0 Å². The van der Waals surface area contributed by atoms with Crippen molar-refractivity contribution in [2.75, 3.05) is 0 Å². The first kappa shape index (κ1) is 19.6. The number of aryl methyl sites for hydroxylation is 4. The van der Waals surface area contributed by atoms with E-state index < -0.39 is 0 Å². The Labute approximate surface area is 203 Å². The Morgan fingerprint density at radius 1 is 0.500 bits per heavy atom. The molecule has 36 heavy (non-hydrogen) atoms. The number of hydrogen-bond acceptors (Lipinski definition) is 4. The van der Waals surface area contributed by atoms with E-state index in [4.69, 9.17) is 8.83 Å². The number of fused-ring (bicyclic) bond motifs is 9. The summed E-state index contributed by atoms with van der Waals surface area (Å²) < 4.78 is 21.4. The van der Waals surface area contributed by atoms with Crippen molar-refractivity contribution in [3.63, 3.8) is 0 Å². The van der Waals surface area contributed by atoms with Gasteiger partial charge in [0.15, 0.2) is 22.3 Å². The minimum absolute atomic E-state index is 0.811. The van der Waals surface area contributed by atoms with E-state index in [1.165, 1.54) is 16.4 Å². The van der Waals surface area contributed by atoms with Crippen molar-refractivity contribution < 1.29 is 8.83 Å². The summed E-state index contributed by atoms with van der Waals surface area (Å²) >= 11 is 0. The molecule has 8 aromatic rings. The van der Waals surface area contributed by atoms with Gasteiger partial charge in [0.1, 0.15) is 11.0 Å². The molecule has 8 rings (SSSR count). The molecule has 8 nitrogen and oxygen atoms in total. The van der Waals surface area contributed by atoms with Crippen LogP contribution in [0.15, 0.2) is 70.0 Å². The van der Waals surface area contributed by atoms with Crippen molar-refractivity contribution in [3.8, 4) is 0 Å². The second-order valence-electron chi connectivity index (χ2n) is 9.50. The predicted molar refractivity (Wildman–Crippen MR) is 143 cm³/mol. The van der Waals surface area contributed by atoms with Crippen LogP contribution in [0.3, 0.4) is 0 Å². The van der Waals surface area contributed by atoms with Crippen LogP contribution in [0.2, 0.25) is 0 Å². The van der Waals surface area contributed by atoms with Crippen molar-refractivity contribution in [3.05, 3.63) is 61.2 Å². The normalized spacial score (nSPS) is 12.4. The largest absolute Gasteiger partial charge is 0.453 e. The highest BCUT2D eigenvalue weighted by atomic mass is 16.3. The molecule has 0 aliphatic carbocycles. The molecule has 0 N–H and O–H groups in total. The van der Waals surface area contributed by atoms with Crippen LogP contribution in [-0.4, -0.2) is 28.2 Å². The zero-order valence-electron chi connectivity index (χ0n) is 20.3. The summed E-state index contributed by atoms with van der Waals surface area (Å²) in [5.74, 6) is 0. The van der Waals surface area contributed by atoms with Gasteiger partial charge in [-0.3, -0.25) is 9.97 Å². The molecule has 8 heteroatoms. The van der Waals surface area contributed by atoms with Crippen LogP contribution in [0, 0.1) is 0 Å². The Morgan fingerprint density at radius 3 is 1.61 bits per heavy atom. The lowest BCUT2D eigenvalue weighted by Crippen LogP contribution is -1.98. The average molecular weight is 475 g/mol. The van der Waals surface area contributed by atoms with Crippen LogP contribution in [0.25, 0.3) is 77.2 Å². The lowest BCUT2D eigenvalue weighted by molar-refractivity contribution is 0.648. The van der Waals surface area contributed by atoms with E-state index in [1.807, 2.05) is 24.5 Å². The standard InChI is InChI=1S/C28H22N6O2/c1-31-19-9-15-18(12-26(19)36-24-6-8-29-13-21(24)31)34(4)28-16-10-25-20(11-17(16)33(3)27(15)28)32(2)22-14-30-7-5-23(22)35-25/h5-14H,1-4H3. The van der Waals surface area contributed by atoms with E-state index in [2.05, 4.69) is 80.7 Å². The number of rotatable bonds is 0. The van der Waals surface area contributed by atoms with Gasteiger partial charge in [-0.1, -0.05) is 0 Å². The third kappa shape index (κ3) is 2.28. The van der Waals surface area contributed by atoms with Crippen molar-refractivity contribution in [2.24, 2.45) is 28.2 Å². The molecular formula is C28H22N6O2. The second-order valence-corrected chi connectivity index (χ2v) is 9.50. The minimum Gasteiger partial charge on any atom is -0.453 e. The molecule has 0 fully saturated rings. The van der Waals surface area contributed by atoms with E-state index in [0.717, 1.165) is 60.8 Å². The number of benzene rings is 2. The highest BCUT2D eigenvalue weighted by molar-refractivity contribution is 6.21. The van der Waals surface area contributed by atoms with Gasteiger partial charge in [0.25, 0.3) is 0 Å². The van der Waals surface area contributed by atoms with Gasteiger partial charge in [-0.25, -0.2) is 0 Å². The Hall–Kier alpha value is -4.72. The molecule has 0 bridgehead atoms. The molecule has 0 radical (unpaired) electrons. The van der Waals surface area contributed by atoms with Crippen molar-refractivity contribution in [1.29, 1.82) is 0 Å². The molecule has 0 saturated carbocycles. The second kappa shape index (κ2) is 6.48. The number of hydrogen-bond donors (Lipinski definition) is 0. The van der Waals surface area contributed by atoms with Crippen molar-refractivity contribution in [1.82, 2.24) is 28.2 Å². The molecule has 0 saturated heterocycles. The Morgan fingerprint density at radius 2 is 1.00 bits per heavy atom. The van der Waals surface area contributed by atoms with E-state index in [1.54, 1.807) is 12.4 Å². The van der Waals surface area contributed by atoms with Gasteiger partial charge in [-0.2, -0.15) is 0 Å². The zero-order valence-corrected chi connectivity index (χ0v) is 20.3. The summed E-state index contributed by atoms with van der Waals surface area (Å²) in [7, 11) is 8.37. The maximum absolute atomic E-state index is 6.33. The van der Waals surface area contributed by atoms with E-state index in [0.29, 0.717) is 0 Å². The molecule has 2 aromatic carbocycles. The summed E-state index contributed by atoms with van der Waals surface area (Å²) in [6.45, 7) is 0. The van der Waals surface area contributed by atoms with Crippen molar-refractivity contribution >= 4 is 77.2 Å². The van der Waals surface area contributed by atoms with Crippen LogP contribution in [0.4, 0.5) is 0 Å². The smallest absolute Gasteiger partial charge is 0.154 e. The quantitative estimate of drug-likeness (QED) is 0.245. The van der Waals surface area contributed by atoms with E-state index in [-0.39, 0.29) is 0 Å². The third-order valence-corrected chi connectivity index (χ3v) is 7.69. The lowest BCUT2D eigenvalue weighted by atomic mass is 10.2. The fourth-order valence-electron chi connectivity index (χ4n) is 5.83. The van der Waals surface area contributed by atoms with Crippen LogP contribution < -0.4 is 0 Å². The summed E-state index contributed by atoms with van der Waals surface area (Å²) in [6, 6.07) is 12.6. The molecular weight excluding hydrogens is 452 g/mol. The SMILES string of the molecule is Cn1c2cnccc2oc2cc3c(cc21)c1c(c2cc4oc5ccncc5n(C)c4cc2n1C)n3C. The average Bonchev–Trinajstić information content (AvgIpc) is 3.34. The maximum Gasteiger partial charge on any atom is 0.154 e. The van der Waals surface area contributed by atoms with Gasteiger partial charge in [-0.05, 0) is 18.2 Å². The molecule has 176 valence electrons. The molecule has 0 aliphatic rings. The third-order valence-electron chi connectivity index (χ3n) is 7.69. The van der Waals surface area contributed by atoms with Gasteiger partial charge in [-0.15, -0.1) is 0 Å². The number of pyridine rings is 2. The number of aromatic nitrogens is 6. The first-order valence-corrected chi connectivity index (χ1v) is 11.8. The first-order chi connectivity index (χ1) is 17.5. The van der Waals surface area contributed by atoms with E-state index in [9.17, 15) is 0 Å². The van der Waals surface area contributed by atoms with Gasteiger partial charge in [0.05, 0.1) is 45.5 Å². The molecule has 6 heterocycles. The fraction of sp³-hybridized carbons (Fsp3) is 0.143.